The van der Waals surface area contributed by atoms with Crippen LogP contribution in [-0.2, 0) is 4.74 Å². The Morgan fingerprint density at radius 2 is 2.00 bits per heavy atom. The van der Waals surface area contributed by atoms with E-state index >= 15 is 0 Å². The fourth-order valence-electron chi connectivity index (χ4n) is 0.600. The second-order valence-corrected chi connectivity index (χ2v) is 3.08. The highest BCUT2D eigenvalue weighted by Gasteiger charge is 2.10. The molecule has 58 valence electrons. The van der Waals surface area contributed by atoms with Crippen LogP contribution in [-0.4, -0.2) is 5.60 Å². The summed E-state index contributed by atoms with van der Waals surface area (Å²) in [5.41, 5.74) is 6.32. The Morgan fingerprint density at radius 3 is 2.30 bits per heavy atom. The van der Waals surface area contributed by atoms with Gasteiger partial charge in [-0.15, -0.1) is 0 Å². The highest BCUT2D eigenvalue weighted by atomic mass is 16.5. The first kappa shape index (κ1) is 9.14. The number of hydrogen-bond acceptors (Lipinski definition) is 3. The Labute approximate surface area is 61.6 Å². The van der Waals surface area contributed by atoms with E-state index in [1.165, 1.54) is 6.20 Å². The van der Waals surface area contributed by atoms with Crippen LogP contribution in [0.3, 0.4) is 0 Å². The maximum absolute atomic E-state index is 6.51. The van der Waals surface area contributed by atoms with E-state index in [0.717, 1.165) is 0 Å². The molecule has 0 rings (SSSR count). The van der Waals surface area contributed by atoms with E-state index in [1.54, 1.807) is 6.92 Å². The van der Waals surface area contributed by atoms with Crippen LogP contribution >= 0.6 is 0 Å². The molecule has 0 aromatic rings. The van der Waals surface area contributed by atoms with Crippen molar-refractivity contribution in [3.63, 3.8) is 0 Å². The second-order valence-electron chi connectivity index (χ2n) is 3.08. The van der Waals surface area contributed by atoms with Crippen LogP contribution in [0.25, 0.3) is 0 Å². The predicted molar refractivity (Wildman–Crippen MR) is 39.7 cm³/mol. The minimum atomic E-state index is -0.189. The van der Waals surface area contributed by atoms with E-state index in [0.29, 0.717) is 5.76 Å². The van der Waals surface area contributed by atoms with E-state index in [-0.39, 0.29) is 5.60 Å². The fourth-order valence-corrected chi connectivity index (χ4v) is 0.600. The zero-order valence-electron chi connectivity index (χ0n) is 6.93. The van der Waals surface area contributed by atoms with Crippen LogP contribution in [0.1, 0.15) is 27.7 Å². The van der Waals surface area contributed by atoms with Crippen LogP contribution in [0.15, 0.2) is 17.1 Å². The summed E-state index contributed by atoms with van der Waals surface area (Å²) >= 11 is 0. The number of nitrogens with zero attached hydrogens (tertiary/aromatic N) is 1. The molecule has 0 aliphatic carbocycles. The van der Waals surface area contributed by atoms with Gasteiger partial charge in [-0.1, -0.05) is 0 Å². The molecule has 3 nitrogen and oxygen atoms in total. The summed E-state index contributed by atoms with van der Waals surface area (Å²) in [6.45, 7) is 7.64. The Morgan fingerprint density at radius 1 is 1.50 bits per heavy atom. The standard InChI is InChI=1S/C7H14N2O/c1-6(5-9-8)10-7(2,3)4/h5,8H,1-4H3/b6-5+,9-8?. The van der Waals surface area contributed by atoms with Crippen molar-refractivity contribution in [2.75, 3.05) is 0 Å². The summed E-state index contributed by atoms with van der Waals surface area (Å²) in [5.74, 6) is 0.669. The van der Waals surface area contributed by atoms with Crippen molar-refractivity contribution in [3.8, 4) is 0 Å². The Hall–Kier alpha value is -0.860. The van der Waals surface area contributed by atoms with Gasteiger partial charge in [-0.3, -0.25) is 0 Å². The third-order valence-corrected chi connectivity index (χ3v) is 0.714. The quantitative estimate of drug-likeness (QED) is 0.467. The summed E-state index contributed by atoms with van der Waals surface area (Å²) < 4.78 is 5.33. The van der Waals surface area contributed by atoms with Gasteiger partial charge in [0.1, 0.15) is 11.4 Å². The van der Waals surface area contributed by atoms with Gasteiger partial charge < -0.3 is 4.74 Å². The first-order chi connectivity index (χ1) is 4.45. The monoisotopic (exact) mass is 142 g/mol. The van der Waals surface area contributed by atoms with Crippen LogP contribution in [0.2, 0.25) is 0 Å². The largest absolute Gasteiger partial charge is 0.491 e. The zero-order valence-corrected chi connectivity index (χ0v) is 6.93. The maximum Gasteiger partial charge on any atom is 0.114 e. The molecule has 0 fully saturated rings. The molecular weight excluding hydrogens is 128 g/mol. The van der Waals surface area contributed by atoms with Crippen LogP contribution in [0.5, 0.6) is 0 Å². The molecule has 0 saturated carbocycles. The summed E-state index contributed by atoms with van der Waals surface area (Å²) in [4.78, 5) is 0. The van der Waals surface area contributed by atoms with Gasteiger partial charge in [0.05, 0.1) is 6.20 Å². The zero-order chi connectivity index (χ0) is 8.20. The third-order valence-electron chi connectivity index (χ3n) is 0.714. The van der Waals surface area contributed by atoms with Crippen molar-refractivity contribution in [2.24, 2.45) is 5.11 Å². The smallest absolute Gasteiger partial charge is 0.114 e. The van der Waals surface area contributed by atoms with Gasteiger partial charge in [0, 0.05) is 0 Å². The normalized spacial score (nSPS) is 13.0. The fraction of sp³-hybridized carbons (Fsp3) is 0.714. The number of ether oxygens (including phenoxy) is 1. The SMILES string of the molecule is C/C(=C\N=N)OC(C)(C)C. The number of nitrogens with one attached hydrogen (secondary N) is 1. The predicted octanol–water partition coefficient (Wildman–Crippen LogP) is 2.69. The maximum atomic E-state index is 6.51. The van der Waals surface area contributed by atoms with Crippen LogP contribution in [0, 0.1) is 5.53 Å². The lowest BCUT2D eigenvalue weighted by atomic mass is 10.2. The minimum Gasteiger partial charge on any atom is -0.491 e. The van der Waals surface area contributed by atoms with E-state index in [1.807, 2.05) is 20.8 Å². The molecule has 0 aromatic heterocycles. The molecule has 0 atom stereocenters. The summed E-state index contributed by atoms with van der Waals surface area (Å²) in [6, 6.07) is 0. The lowest BCUT2D eigenvalue weighted by Gasteiger charge is -2.20. The summed E-state index contributed by atoms with van der Waals surface area (Å²) in [5, 5.41) is 3.08. The molecule has 1 N–H and O–H groups in total. The van der Waals surface area contributed by atoms with Gasteiger partial charge in [0.15, 0.2) is 0 Å². The molecule has 0 aliphatic rings. The summed E-state index contributed by atoms with van der Waals surface area (Å²) in [7, 11) is 0. The molecule has 3 heteroatoms. The number of rotatable bonds is 2. The van der Waals surface area contributed by atoms with Crippen LogP contribution in [0.4, 0.5) is 0 Å². The first-order valence-electron chi connectivity index (χ1n) is 3.18. The molecular formula is C7H14N2O. The topological polar surface area (TPSA) is 45.4 Å². The van der Waals surface area contributed by atoms with Crippen molar-refractivity contribution < 1.29 is 4.74 Å². The van der Waals surface area contributed by atoms with Gasteiger partial charge in [0.2, 0.25) is 0 Å². The summed E-state index contributed by atoms with van der Waals surface area (Å²) in [6.07, 6.45) is 1.38. The molecule has 0 amide bonds. The van der Waals surface area contributed by atoms with Crippen molar-refractivity contribution in [2.45, 2.75) is 33.3 Å². The third kappa shape index (κ3) is 5.28. The van der Waals surface area contributed by atoms with Gasteiger partial charge in [-0.25, -0.2) is 5.53 Å². The van der Waals surface area contributed by atoms with E-state index in [2.05, 4.69) is 5.11 Å². The van der Waals surface area contributed by atoms with Gasteiger partial charge in [-0.05, 0) is 27.7 Å². The molecule has 0 aromatic carbocycles. The number of allylic oxidation sites excluding steroid dienone is 1. The van der Waals surface area contributed by atoms with E-state index < -0.39 is 0 Å². The molecule has 0 spiro atoms. The average Bonchev–Trinajstić information content (AvgIpc) is 1.59. The second kappa shape index (κ2) is 3.34. The molecule has 0 aliphatic heterocycles. The van der Waals surface area contributed by atoms with Crippen molar-refractivity contribution in [1.29, 1.82) is 5.53 Å². The van der Waals surface area contributed by atoms with Crippen molar-refractivity contribution >= 4 is 0 Å². The lowest BCUT2D eigenvalue weighted by molar-refractivity contribution is 0.0529. The van der Waals surface area contributed by atoms with Crippen molar-refractivity contribution in [3.05, 3.63) is 12.0 Å². The molecule has 0 heterocycles. The highest BCUT2D eigenvalue weighted by Crippen LogP contribution is 2.12. The van der Waals surface area contributed by atoms with Gasteiger partial charge >= 0.3 is 0 Å². The molecule has 0 saturated heterocycles. The Kier molecular flexibility index (Phi) is 3.06. The molecule has 0 unspecified atom stereocenters. The minimum absolute atomic E-state index is 0.189. The Bertz CT molecular complexity index is 144. The molecule has 0 radical (unpaired) electrons. The Balaban J connectivity index is 3.91. The molecule has 10 heavy (non-hydrogen) atoms. The lowest BCUT2D eigenvalue weighted by Crippen LogP contribution is -2.17. The highest BCUT2D eigenvalue weighted by molar-refractivity contribution is 4.87. The first-order valence-corrected chi connectivity index (χ1v) is 3.18. The molecule has 0 bridgehead atoms. The van der Waals surface area contributed by atoms with Gasteiger partial charge in [-0.2, -0.15) is 5.11 Å². The van der Waals surface area contributed by atoms with E-state index in [9.17, 15) is 0 Å². The average molecular weight is 142 g/mol. The van der Waals surface area contributed by atoms with Crippen molar-refractivity contribution in [1.82, 2.24) is 0 Å². The number of hydrogen-bond donors (Lipinski definition) is 1. The van der Waals surface area contributed by atoms with Crippen LogP contribution < -0.4 is 0 Å². The van der Waals surface area contributed by atoms with E-state index in [4.69, 9.17) is 10.3 Å². The van der Waals surface area contributed by atoms with Gasteiger partial charge in [0.25, 0.3) is 0 Å².